The number of ether oxygens (including phenoxy) is 1. The van der Waals surface area contributed by atoms with E-state index in [1.165, 1.54) is 19.2 Å². The second-order valence-corrected chi connectivity index (χ2v) is 5.14. The number of halogens is 3. The van der Waals surface area contributed by atoms with Crippen LogP contribution in [-0.2, 0) is 9.53 Å². The average Bonchev–Trinajstić information content (AvgIpc) is 2.25. The van der Waals surface area contributed by atoms with Gasteiger partial charge in [-0.25, -0.2) is 0 Å². The van der Waals surface area contributed by atoms with E-state index in [2.05, 4.69) is 5.32 Å². The van der Waals surface area contributed by atoms with Gasteiger partial charge in [-0.1, -0.05) is 34.8 Å². The number of rotatable bonds is 3. The van der Waals surface area contributed by atoms with Gasteiger partial charge in [-0.05, 0) is 26.0 Å². The van der Waals surface area contributed by atoms with Crippen LogP contribution in [0.3, 0.4) is 0 Å². The first-order chi connectivity index (χ1) is 7.77. The lowest BCUT2D eigenvalue weighted by Gasteiger charge is -2.22. The molecule has 0 saturated carbocycles. The first-order valence-corrected chi connectivity index (χ1v) is 5.92. The second-order valence-electron chi connectivity index (χ2n) is 3.91. The fraction of sp³-hybridized carbons (Fsp3) is 0.364. The van der Waals surface area contributed by atoms with Crippen molar-refractivity contribution < 1.29 is 9.53 Å². The molecule has 1 N–H and O–H groups in total. The molecular weight excluding hydrogens is 284 g/mol. The first-order valence-electron chi connectivity index (χ1n) is 4.79. The molecule has 0 radical (unpaired) electrons. The molecule has 17 heavy (non-hydrogen) atoms. The topological polar surface area (TPSA) is 38.3 Å². The number of nitrogens with one attached hydrogen (secondary N) is 1. The summed E-state index contributed by atoms with van der Waals surface area (Å²) in [4.78, 5) is 11.8. The minimum absolute atomic E-state index is 0.319. The van der Waals surface area contributed by atoms with Crippen LogP contribution in [0.2, 0.25) is 15.1 Å². The fourth-order valence-corrected chi connectivity index (χ4v) is 1.58. The molecule has 1 aromatic rings. The number of carbonyl (C=O) groups excluding carboxylic acids is 1. The second kappa shape index (κ2) is 5.44. The van der Waals surface area contributed by atoms with Gasteiger partial charge < -0.3 is 10.1 Å². The Hall–Kier alpha value is -0.480. The van der Waals surface area contributed by atoms with Crippen LogP contribution in [0, 0.1) is 0 Å². The maximum absolute atomic E-state index is 11.8. The van der Waals surface area contributed by atoms with E-state index in [9.17, 15) is 4.79 Å². The van der Waals surface area contributed by atoms with E-state index in [1.54, 1.807) is 13.8 Å². The Kier molecular flexibility index (Phi) is 4.67. The van der Waals surface area contributed by atoms with Crippen molar-refractivity contribution in [3.05, 3.63) is 27.2 Å². The molecule has 0 spiro atoms. The summed E-state index contributed by atoms with van der Waals surface area (Å²) in [6, 6.07) is 2.97. The van der Waals surface area contributed by atoms with Gasteiger partial charge in [-0.15, -0.1) is 0 Å². The van der Waals surface area contributed by atoms with Crippen molar-refractivity contribution in [2.75, 3.05) is 12.4 Å². The molecular formula is C11H12Cl3NO2. The zero-order valence-electron chi connectivity index (χ0n) is 9.61. The van der Waals surface area contributed by atoms with E-state index >= 15 is 0 Å². The van der Waals surface area contributed by atoms with Crippen molar-refractivity contribution in [1.82, 2.24) is 0 Å². The lowest BCUT2D eigenvalue weighted by atomic mass is 10.1. The summed E-state index contributed by atoms with van der Waals surface area (Å²) in [5, 5.41) is 3.60. The Labute approximate surface area is 115 Å². The molecule has 1 rings (SSSR count). The monoisotopic (exact) mass is 295 g/mol. The predicted molar refractivity (Wildman–Crippen MR) is 71.2 cm³/mol. The van der Waals surface area contributed by atoms with Gasteiger partial charge in [-0.3, -0.25) is 4.79 Å². The largest absolute Gasteiger partial charge is 0.369 e. The van der Waals surface area contributed by atoms with E-state index in [1.807, 2.05) is 0 Å². The van der Waals surface area contributed by atoms with Gasteiger partial charge in [0.05, 0.1) is 20.8 Å². The molecule has 94 valence electrons. The molecule has 0 fully saturated rings. The summed E-state index contributed by atoms with van der Waals surface area (Å²) in [5.41, 5.74) is -0.550. The van der Waals surface area contributed by atoms with Crippen LogP contribution in [-0.4, -0.2) is 18.6 Å². The zero-order valence-corrected chi connectivity index (χ0v) is 11.9. The van der Waals surface area contributed by atoms with Crippen LogP contribution in [0.5, 0.6) is 0 Å². The van der Waals surface area contributed by atoms with Gasteiger partial charge in [0.1, 0.15) is 5.60 Å². The number of carbonyl (C=O) groups is 1. The fourth-order valence-electron chi connectivity index (χ4n) is 0.984. The minimum atomic E-state index is -0.949. The average molecular weight is 297 g/mol. The van der Waals surface area contributed by atoms with Crippen molar-refractivity contribution in [2.24, 2.45) is 0 Å². The lowest BCUT2D eigenvalue weighted by Crippen LogP contribution is -2.38. The molecule has 6 heteroatoms. The van der Waals surface area contributed by atoms with Crippen LogP contribution in [0.15, 0.2) is 12.1 Å². The number of hydrogen-bond donors (Lipinski definition) is 1. The van der Waals surface area contributed by atoms with Crippen LogP contribution in [0.4, 0.5) is 5.69 Å². The van der Waals surface area contributed by atoms with Gasteiger partial charge >= 0.3 is 0 Å². The highest BCUT2D eigenvalue weighted by atomic mass is 35.5. The third kappa shape index (κ3) is 3.49. The Morgan fingerprint density at radius 1 is 1.18 bits per heavy atom. The predicted octanol–water partition coefficient (Wildman–Crippen LogP) is 4.01. The van der Waals surface area contributed by atoms with E-state index in [4.69, 9.17) is 39.5 Å². The third-order valence-electron chi connectivity index (χ3n) is 2.32. The van der Waals surface area contributed by atoms with Crippen LogP contribution in [0.1, 0.15) is 13.8 Å². The molecule has 0 bridgehead atoms. The molecule has 0 heterocycles. The molecule has 1 amide bonds. The maximum atomic E-state index is 11.8. The number of anilines is 1. The molecule has 0 unspecified atom stereocenters. The molecule has 1 aromatic carbocycles. The number of methoxy groups -OCH3 is 1. The van der Waals surface area contributed by atoms with Crippen molar-refractivity contribution in [2.45, 2.75) is 19.4 Å². The number of benzene rings is 1. The van der Waals surface area contributed by atoms with Gasteiger partial charge in [0, 0.05) is 7.11 Å². The summed E-state index contributed by atoms with van der Waals surface area (Å²) in [5.74, 6) is -0.319. The molecule has 0 aliphatic carbocycles. The van der Waals surface area contributed by atoms with Crippen molar-refractivity contribution in [3.8, 4) is 0 Å². The number of hydrogen-bond acceptors (Lipinski definition) is 2. The molecule has 0 aliphatic rings. The van der Waals surface area contributed by atoms with E-state index in [0.717, 1.165) is 0 Å². The SMILES string of the molecule is COC(C)(C)C(=O)Nc1cc(Cl)c(Cl)cc1Cl. The van der Waals surface area contributed by atoms with Crippen LogP contribution >= 0.6 is 34.8 Å². The van der Waals surface area contributed by atoms with Gasteiger partial charge in [-0.2, -0.15) is 0 Å². The summed E-state index contributed by atoms with van der Waals surface area (Å²) in [6.07, 6.45) is 0. The molecule has 0 saturated heterocycles. The Morgan fingerprint density at radius 2 is 1.71 bits per heavy atom. The Bertz CT molecular complexity index is 447. The highest BCUT2D eigenvalue weighted by molar-refractivity contribution is 6.44. The highest BCUT2D eigenvalue weighted by Gasteiger charge is 2.27. The molecule has 0 aromatic heterocycles. The smallest absolute Gasteiger partial charge is 0.256 e. The van der Waals surface area contributed by atoms with Crippen LogP contribution < -0.4 is 5.32 Å². The van der Waals surface area contributed by atoms with Crippen molar-refractivity contribution in [3.63, 3.8) is 0 Å². The summed E-state index contributed by atoms with van der Waals surface area (Å²) in [7, 11) is 1.45. The molecule has 0 atom stereocenters. The van der Waals surface area contributed by atoms with Gasteiger partial charge in [0.15, 0.2) is 0 Å². The first kappa shape index (κ1) is 14.6. The minimum Gasteiger partial charge on any atom is -0.369 e. The normalized spacial score (nSPS) is 11.4. The summed E-state index contributed by atoms with van der Waals surface area (Å²) >= 11 is 17.6. The maximum Gasteiger partial charge on any atom is 0.256 e. The zero-order chi connectivity index (χ0) is 13.2. The standard InChI is InChI=1S/C11H12Cl3NO2/c1-11(2,17-3)10(16)15-9-5-7(13)6(12)4-8(9)14/h4-5H,1-3H3,(H,15,16). The Balaban J connectivity index is 2.97. The summed E-state index contributed by atoms with van der Waals surface area (Å²) < 4.78 is 5.05. The molecule has 3 nitrogen and oxygen atoms in total. The van der Waals surface area contributed by atoms with E-state index < -0.39 is 5.60 Å². The van der Waals surface area contributed by atoms with Gasteiger partial charge in [0.25, 0.3) is 5.91 Å². The summed E-state index contributed by atoms with van der Waals surface area (Å²) in [6.45, 7) is 3.29. The lowest BCUT2D eigenvalue weighted by molar-refractivity contribution is -0.133. The van der Waals surface area contributed by atoms with Crippen LogP contribution in [0.25, 0.3) is 0 Å². The highest BCUT2D eigenvalue weighted by Crippen LogP contribution is 2.32. The van der Waals surface area contributed by atoms with E-state index in [-0.39, 0.29) is 5.91 Å². The quantitative estimate of drug-likeness (QED) is 0.856. The van der Waals surface area contributed by atoms with Crippen molar-refractivity contribution >= 4 is 46.4 Å². The van der Waals surface area contributed by atoms with Gasteiger partial charge in [0.2, 0.25) is 0 Å². The third-order valence-corrected chi connectivity index (χ3v) is 3.35. The molecule has 0 aliphatic heterocycles. The Morgan fingerprint density at radius 3 is 2.24 bits per heavy atom. The number of amides is 1. The van der Waals surface area contributed by atoms with E-state index in [0.29, 0.717) is 20.8 Å². The van der Waals surface area contributed by atoms with Crippen molar-refractivity contribution in [1.29, 1.82) is 0 Å².